The lowest BCUT2D eigenvalue weighted by atomic mass is 10.0. The molecule has 1 amide bonds. The highest BCUT2D eigenvalue weighted by Crippen LogP contribution is 2.39. The molecule has 0 radical (unpaired) electrons. The number of phenols is 1. The zero-order valence-corrected chi connectivity index (χ0v) is 11.6. The Morgan fingerprint density at radius 2 is 1.83 bits per heavy atom. The van der Waals surface area contributed by atoms with E-state index in [1.54, 1.807) is 24.3 Å². The Balaban J connectivity index is 1.88. The summed E-state index contributed by atoms with van der Waals surface area (Å²) in [6.45, 7) is 0. The van der Waals surface area contributed by atoms with Crippen LogP contribution < -0.4 is 0 Å². The van der Waals surface area contributed by atoms with Crippen molar-refractivity contribution < 1.29 is 9.90 Å². The smallest absolute Gasteiger partial charge is 0.258 e. The molecule has 18 heavy (non-hydrogen) atoms. The zero-order chi connectivity index (χ0) is 12.7. The number of hydrogen-bond donors (Lipinski definition) is 1. The van der Waals surface area contributed by atoms with E-state index in [0.29, 0.717) is 22.5 Å². The summed E-state index contributed by atoms with van der Waals surface area (Å²) in [6.07, 6.45) is 4.23. The molecule has 2 aliphatic heterocycles. The molecule has 2 heterocycles. The lowest BCUT2D eigenvalue weighted by molar-refractivity contribution is 0.0600. The van der Waals surface area contributed by atoms with E-state index in [1.807, 2.05) is 4.90 Å². The molecule has 0 spiro atoms. The number of phenolic OH excluding ortho intramolecular Hbond substituents is 1. The maximum atomic E-state index is 12.5. The molecule has 2 aliphatic rings. The molecule has 3 rings (SSSR count). The summed E-state index contributed by atoms with van der Waals surface area (Å²) in [5, 5.41) is 9.80. The van der Waals surface area contributed by atoms with Crippen LogP contribution in [0.4, 0.5) is 0 Å². The van der Waals surface area contributed by atoms with Crippen molar-refractivity contribution in [1.29, 1.82) is 0 Å². The van der Waals surface area contributed by atoms with Gasteiger partial charge in [0, 0.05) is 16.9 Å². The highest BCUT2D eigenvalue weighted by molar-refractivity contribution is 9.09. The average molecular weight is 310 g/mol. The minimum Gasteiger partial charge on any atom is -0.507 e. The normalized spacial score (nSPS) is 30.5. The highest BCUT2D eigenvalue weighted by Gasteiger charge is 2.43. The van der Waals surface area contributed by atoms with Gasteiger partial charge in [-0.25, -0.2) is 0 Å². The Morgan fingerprint density at radius 1 is 1.22 bits per heavy atom. The molecule has 2 saturated heterocycles. The van der Waals surface area contributed by atoms with Gasteiger partial charge in [0.05, 0.1) is 5.56 Å². The molecule has 2 fully saturated rings. The number of para-hydroxylation sites is 1. The van der Waals surface area contributed by atoms with Crippen molar-refractivity contribution >= 4 is 21.8 Å². The number of nitrogens with zero attached hydrogens (tertiary/aromatic N) is 1. The number of hydrogen-bond acceptors (Lipinski definition) is 2. The van der Waals surface area contributed by atoms with Crippen LogP contribution in [-0.2, 0) is 0 Å². The van der Waals surface area contributed by atoms with E-state index in [0.717, 1.165) is 25.7 Å². The fourth-order valence-corrected chi connectivity index (χ4v) is 4.10. The van der Waals surface area contributed by atoms with Crippen LogP contribution >= 0.6 is 15.9 Å². The molecule has 4 heteroatoms. The van der Waals surface area contributed by atoms with Crippen LogP contribution in [0.3, 0.4) is 0 Å². The number of fused-ring (bicyclic) bond motifs is 2. The molecule has 0 saturated carbocycles. The number of aromatic hydroxyl groups is 1. The number of piperidine rings is 1. The number of alkyl halides is 1. The Bertz CT molecular complexity index is 463. The molecule has 1 N–H and O–H groups in total. The summed E-state index contributed by atoms with van der Waals surface area (Å²) in [5.41, 5.74) is 0.433. The predicted octanol–water partition coefficient (Wildman–Crippen LogP) is 2.92. The Labute approximate surface area is 115 Å². The third kappa shape index (κ3) is 1.92. The maximum absolute atomic E-state index is 12.5. The quantitative estimate of drug-likeness (QED) is 0.810. The van der Waals surface area contributed by atoms with Gasteiger partial charge in [0.2, 0.25) is 0 Å². The number of carbonyl (C=O) groups is 1. The first-order valence-electron chi connectivity index (χ1n) is 6.41. The largest absolute Gasteiger partial charge is 0.507 e. The number of benzene rings is 1. The first-order valence-corrected chi connectivity index (χ1v) is 7.33. The van der Waals surface area contributed by atoms with Crippen molar-refractivity contribution in [2.75, 3.05) is 0 Å². The second-order valence-electron chi connectivity index (χ2n) is 5.18. The number of amides is 1. The van der Waals surface area contributed by atoms with E-state index in [2.05, 4.69) is 15.9 Å². The van der Waals surface area contributed by atoms with Gasteiger partial charge in [0.15, 0.2) is 0 Å². The van der Waals surface area contributed by atoms with Gasteiger partial charge in [-0.2, -0.15) is 0 Å². The predicted molar refractivity (Wildman–Crippen MR) is 73.0 cm³/mol. The Hall–Kier alpha value is -1.03. The zero-order valence-electron chi connectivity index (χ0n) is 10.1. The van der Waals surface area contributed by atoms with Crippen molar-refractivity contribution in [3.8, 4) is 5.75 Å². The first-order chi connectivity index (χ1) is 8.66. The van der Waals surface area contributed by atoms with Crippen LogP contribution in [0.1, 0.15) is 36.0 Å². The van der Waals surface area contributed by atoms with Crippen molar-refractivity contribution in [2.24, 2.45) is 0 Å². The van der Waals surface area contributed by atoms with Gasteiger partial charge in [-0.05, 0) is 37.8 Å². The first kappa shape index (κ1) is 12.0. The van der Waals surface area contributed by atoms with E-state index >= 15 is 0 Å². The summed E-state index contributed by atoms with van der Waals surface area (Å²) < 4.78 is 0. The number of carbonyl (C=O) groups excluding carboxylic acids is 1. The number of halogens is 1. The van der Waals surface area contributed by atoms with Gasteiger partial charge in [0.25, 0.3) is 5.91 Å². The number of rotatable bonds is 1. The molecule has 96 valence electrons. The molecular formula is C14H16BrNO2. The van der Waals surface area contributed by atoms with Gasteiger partial charge >= 0.3 is 0 Å². The van der Waals surface area contributed by atoms with Gasteiger partial charge in [0.1, 0.15) is 5.75 Å². The van der Waals surface area contributed by atoms with Crippen molar-refractivity contribution in [3.63, 3.8) is 0 Å². The standard InChI is InChI=1S/C14H16BrNO2/c15-9-7-10-5-6-11(8-9)16(10)14(18)12-3-1-2-4-13(12)17/h1-4,9-11,17H,5-8H2. The maximum Gasteiger partial charge on any atom is 0.258 e. The summed E-state index contributed by atoms with van der Waals surface area (Å²) in [4.78, 5) is 15.1. The fraction of sp³-hybridized carbons (Fsp3) is 0.500. The summed E-state index contributed by atoms with van der Waals surface area (Å²) in [7, 11) is 0. The topological polar surface area (TPSA) is 40.5 Å². The molecule has 2 unspecified atom stereocenters. The van der Waals surface area contributed by atoms with Crippen LogP contribution in [0.25, 0.3) is 0 Å². The summed E-state index contributed by atoms with van der Waals surface area (Å²) >= 11 is 3.67. The van der Waals surface area contributed by atoms with Gasteiger partial charge in [-0.1, -0.05) is 28.1 Å². The summed E-state index contributed by atoms with van der Waals surface area (Å²) in [6, 6.07) is 7.49. The van der Waals surface area contributed by atoms with Crippen molar-refractivity contribution in [1.82, 2.24) is 4.90 Å². The molecule has 0 aliphatic carbocycles. The third-order valence-electron chi connectivity index (χ3n) is 4.04. The van der Waals surface area contributed by atoms with E-state index < -0.39 is 0 Å². The third-order valence-corrected chi connectivity index (χ3v) is 4.79. The minimum absolute atomic E-state index is 0.0139. The Kier molecular flexibility index (Phi) is 3.06. The van der Waals surface area contributed by atoms with Gasteiger partial charge in [-0.3, -0.25) is 4.79 Å². The fourth-order valence-electron chi connectivity index (χ4n) is 3.24. The highest BCUT2D eigenvalue weighted by atomic mass is 79.9. The SMILES string of the molecule is O=C(c1ccccc1O)N1C2CCC1CC(Br)C2. The average Bonchev–Trinajstić information content (AvgIpc) is 2.61. The van der Waals surface area contributed by atoms with Crippen LogP contribution in [0.2, 0.25) is 0 Å². The molecule has 2 bridgehead atoms. The molecule has 1 aromatic carbocycles. The van der Waals surface area contributed by atoms with E-state index in [9.17, 15) is 9.90 Å². The molecule has 2 atom stereocenters. The van der Waals surface area contributed by atoms with Crippen LogP contribution in [0.5, 0.6) is 5.75 Å². The molecule has 3 nitrogen and oxygen atoms in total. The van der Waals surface area contributed by atoms with Gasteiger partial charge < -0.3 is 10.0 Å². The second kappa shape index (κ2) is 4.57. The van der Waals surface area contributed by atoms with E-state index in [1.165, 1.54) is 0 Å². The lowest BCUT2D eigenvalue weighted by Crippen LogP contribution is -2.46. The van der Waals surface area contributed by atoms with Crippen LogP contribution in [0.15, 0.2) is 24.3 Å². The van der Waals surface area contributed by atoms with Crippen LogP contribution in [-0.4, -0.2) is 32.8 Å². The van der Waals surface area contributed by atoms with Crippen molar-refractivity contribution in [2.45, 2.75) is 42.6 Å². The van der Waals surface area contributed by atoms with E-state index in [4.69, 9.17) is 0 Å². The Morgan fingerprint density at radius 3 is 2.44 bits per heavy atom. The van der Waals surface area contributed by atoms with E-state index in [-0.39, 0.29) is 11.7 Å². The summed E-state index contributed by atoms with van der Waals surface area (Å²) in [5.74, 6) is 0.0721. The second-order valence-corrected chi connectivity index (χ2v) is 6.48. The lowest BCUT2D eigenvalue weighted by Gasteiger charge is -2.37. The minimum atomic E-state index is -0.0139. The van der Waals surface area contributed by atoms with Gasteiger partial charge in [-0.15, -0.1) is 0 Å². The van der Waals surface area contributed by atoms with Crippen LogP contribution in [0, 0.1) is 0 Å². The monoisotopic (exact) mass is 309 g/mol. The molecular weight excluding hydrogens is 294 g/mol. The van der Waals surface area contributed by atoms with Crippen molar-refractivity contribution in [3.05, 3.63) is 29.8 Å². The molecule has 0 aromatic heterocycles. The molecule has 1 aromatic rings.